The number of aliphatic hydroxyl groups excluding tert-OH is 1. The van der Waals surface area contributed by atoms with Crippen LogP contribution in [0, 0.1) is 5.82 Å². The van der Waals surface area contributed by atoms with E-state index in [0.29, 0.717) is 18.6 Å². The first kappa shape index (κ1) is 15.4. The highest BCUT2D eigenvalue weighted by Gasteiger charge is 2.27. The van der Waals surface area contributed by atoms with Gasteiger partial charge in [-0.1, -0.05) is 13.8 Å². The monoisotopic (exact) mass is 269 g/mol. The lowest BCUT2D eigenvalue weighted by Crippen LogP contribution is -2.51. The zero-order chi connectivity index (χ0) is 14.3. The van der Waals surface area contributed by atoms with E-state index in [2.05, 4.69) is 5.32 Å². The summed E-state index contributed by atoms with van der Waals surface area (Å²) in [5.41, 5.74) is -0.594. The summed E-state index contributed by atoms with van der Waals surface area (Å²) in [6.45, 7) is 3.54. The van der Waals surface area contributed by atoms with Crippen molar-refractivity contribution in [3.63, 3.8) is 0 Å². The topological polar surface area (TPSA) is 58.6 Å². The third-order valence-electron chi connectivity index (χ3n) is 3.24. The molecule has 0 aliphatic heterocycles. The number of rotatable bonds is 7. The number of aliphatic hydroxyl groups is 1. The lowest BCUT2D eigenvalue weighted by Gasteiger charge is -2.30. The van der Waals surface area contributed by atoms with Crippen LogP contribution in [-0.2, 0) is 4.79 Å². The molecule has 1 aromatic carbocycles. The third-order valence-corrected chi connectivity index (χ3v) is 3.24. The molecule has 0 bridgehead atoms. The zero-order valence-electron chi connectivity index (χ0n) is 11.3. The standard InChI is InChI=1S/C14H20FNO3/c1-3-14(4-2,10-17)16-13(18)9-19-12-7-5-11(15)6-8-12/h5-8,17H,3-4,9-10H2,1-2H3,(H,16,18). The van der Waals surface area contributed by atoms with Crippen molar-refractivity contribution in [2.24, 2.45) is 0 Å². The van der Waals surface area contributed by atoms with Crippen LogP contribution in [0.4, 0.5) is 4.39 Å². The van der Waals surface area contributed by atoms with Crippen LogP contribution < -0.4 is 10.1 Å². The van der Waals surface area contributed by atoms with Crippen LogP contribution in [-0.4, -0.2) is 29.8 Å². The van der Waals surface area contributed by atoms with E-state index in [1.807, 2.05) is 13.8 Å². The highest BCUT2D eigenvalue weighted by Crippen LogP contribution is 2.14. The largest absolute Gasteiger partial charge is 0.484 e. The van der Waals surface area contributed by atoms with E-state index >= 15 is 0 Å². The van der Waals surface area contributed by atoms with Crippen LogP contribution in [0.2, 0.25) is 0 Å². The number of hydrogen-bond donors (Lipinski definition) is 2. The van der Waals surface area contributed by atoms with E-state index in [1.165, 1.54) is 24.3 Å². The van der Waals surface area contributed by atoms with Gasteiger partial charge in [0.2, 0.25) is 0 Å². The lowest BCUT2D eigenvalue weighted by molar-refractivity contribution is -0.125. The van der Waals surface area contributed by atoms with Gasteiger partial charge in [-0.25, -0.2) is 4.39 Å². The first-order valence-corrected chi connectivity index (χ1v) is 6.35. The van der Waals surface area contributed by atoms with E-state index in [-0.39, 0.29) is 24.9 Å². The smallest absolute Gasteiger partial charge is 0.258 e. The predicted octanol–water partition coefficient (Wildman–Crippen LogP) is 1.87. The second-order valence-electron chi connectivity index (χ2n) is 4.44. The summed E-state index contributed by atoms with van der Waals surface area (Å²) in [6.07, 6.45) is 1.28. The van der Waals surface area contributed by atoms with Crippen LogP contribution in [0.5, 0.6) is 5.75 Å². The fourth-order valence-electron chi connectivity index (χ4n) is 1.70. The second-order valence-corrected chi connectivity index (χ2v) is 4.44. The molecule has 0 saturated carbocycles. The van der Waals surface area contributed by atoms with E-state index < -0.39 is 5.54 Å². The fraction of sp³-hybridized carbons (Fsp3) is 0.500. The van der Waals surface area contributed by atoms with E-state index in [9.17, 15) is 14.3 Å². The summed E-state index contributed by atoms with van der Waals surface area (Å²) in [5.74, 6) is -0.228. The summed E-state index contributed by atoms with van der Waals surface area (Å²) >= 11 is 0. The summed E-state index contributed by atoms with van der Waals surface area (Å²) < 4.78 is 17.9. The van der Waals surface area contributed by atoms with Crippen LogP contribution >= 0.6 is 0 Å². The quantitative estimate of drug-likeness (QED) is 0.794. The van der Waals surface area contributed by atoms with Crippen molar-refractivity contribution in [2.45, 2.75) is 32.2 Å². The van der Waals surface area contributed by atoms with Gasteiger partial charge in [-0.15, -0.1) is 0 Å². The average Bonchev–Trinajstić information content (AvgIpc) is 2.44. The zero-order valence-corrected chi connectivity index (χ0v) is 11.3. The van der Waals surface area contributed by atoms with Gasteiger partial charge in [-0.3, -0.25) is 4.79 Å². The normalized spacial score (nSPS) is 11.2. The molecular formula is C14H20FNO3. The molecule has 0 aliphatic rings. The molecule has 0 atom stereocenters. The van der Waals surface area contributed by atoms with Gasteiger partial charge in [0.05, 0.1) is 12.1 Å². The number of amides is 1. The molecule has 106 valence electrons. The number of benzene rings is 1. The average molecular weight is 269 g/mol. The van der Waals surface area contributed by atoms with E-state index in [1.54, 1.807) is 0 Å². The van der Waals surface area contributed by atoms with Crippen molar-refractivity contribution in [3.8, 4) is 5.75 Å². The molecule has 4 nitrogen and oxygen atoms in total. The van der Waals surface area contributed by atoms with E-state index in [4.69, 9.17) is 4.74 Å². The van der Waals surface area contributed by atoms with Gasteiger partial charge in [-0.2, -0.15) is 0 Å². The predicted molar refractivity (Wildman–Crippen MR) is 70.4 cm³/mol. The Balaban J connectivity index is 2.49. The molecule has 0 radical (unpaired) electrons. The second kappa shape index (κ2) is 7.09. The highest BCUT2D eigenvalue weighted by molar-refractivity contribution is 5.78. The Morgan fingerprint density at radius 2 is 1.89 bits per heavy atom. The lowest BCUT2D eigenvalue weighted by atomic mass is 9.94. The molecule has 2 N–H and O–H groups in total. The molecule has 0 heterocycles. The van der Waals surface area contributed by atoms with Crippen molar-refractivity contribution in [1.82, 2.24) is 5.32 Å². The Hall–Kier alpha value is -1.62. The van der Waals surface area contributed by atoms with Gasteiger partial charge < -0.3 is 15.2 Å². The molecule has 0 aliphatic carbocycles. The molecule has 0 saturated heterocycles. The fourth-order valence-corrected chi connectivity index (χ4v) is 1.70. The molecule has 1 amide bonds. The molecule has 0 aromatic heterocycles. The maximum Gasteiger partial charge on any atom is 0.258 e. The number of carbonyl (C=O) groups excluding carboxylic acids is 1. The Morgan fingerprint density at radius 1 is 1.32 bits per heavy atom. The first-order valence-electron chi connectivity index (χ1n) is 6.35. The molecule has 5 heteroatoms. The minimum absolute atomic E-state index is 0.109. The van der Waals surface area contributed by atoms with Gasteiger partial charge in [0, 0.05) is 0 Å². The maximum atomic E-state index is 12.7. The molecule has 1 aromatic rings. The van der Waals surface area contributed by atoms with Crippen molar-refractivity contribution in [2.75, 3.05) is 13.2 Å². The molecule has 0 unspecified atom stereocenters. The summed E-state index contributed by atoms with van der Waals surface area (Å²) in [4.78, 5) is 11.8. The van der Waals surface area contributed by atoms with Crippen molar-refractivity contribution in [1.29, 1.82) is 0 Å². The molecular weight excluding hydrogens is 249 g/mol. The Kier molecular flexibility index (Phi) is 5.76. The number of ether oxygens (including phenoxy) is 1. The van der Waals surface area contributed by atoms with E-state index in [0.717, 1.165) is 0 Å². The first-order chi connectivity index (χ1) is 9.05. The van der Waals surface area contributed by atoms with Crippen molar-refractivity contribution < 1.29 is 19.0 Å². The molecule has 0 spiro atoms. The third kappa shape index (κ3) is 4.52. The van der Waals surface area contributed by atoms with Crippen LogP contribution in [0.1, 0.15) is 26.7 Å². The van der Waals surface area contributed by atoms with Gasteiger partial charge in [0.15, 0.2) is 6.61 Å². The van der Waals surface area contributed by atoms with Crippen molar-refractivity contribution >= 4 is 5.91 Å². The number of carbonyl (C=O) groups is 1. The number of hydrogen-bond acceptors (Lipinski definition) is 3. The van der Waals surface area contributed by atoms with Crippen molar-refractivity contribution in [3.05, 3.63) is 30.1 Å². The van der Waals surface area contributed by atoms with Gasteiger partial charge in [0.25, 0.3) is 5.91 Å². The maximum absolute atomic E-state index is 12.7. The minimum atomic E-state index is -0.594. The van der Waals surface area contributed by atoms with Gasteiger partial charge in [-0.05, 0) is 37.1 Å². The van der Waals surface area contributed by atoms with Crippen LogP contribution in [0.25, 0.3) is 0 Å². The minimum Gasteiger partial charge on any atom is -0.484 e. The number of nitrogens with one attached hydrogen (secondary N) is 1. The van der Waals surface area contributed by atoms with Gasteiger partial charge in [0.1, 0.15) is 11.6 Å². The summed E-state index contributed by atoms with van der Waals surface area (Å²) in [6, 6.07) is 5.45. The Bertz CT molecular complexity index is 393. The summed E-state index contributed by atoms with van der Waals surface area (Å²) in [7, 11) is 0. The highest BCUT2D eigenvalue weighted by atomic mass is 19.1. The molecule has 0 fully saturated rings. The number of halogens is 1. The summed E-state index contributed by atoms with van der Waals surface area (Å²) in [5, 5.41) is 12.1. The Labute approximate surface area is 112 Å². The molecule has 19 heavy (non-hydrogen) atoms. The van der Waals surface area contributed by atoms with Crippen LogP contribution in [0.3, 0.4) is 0 Å². The van der Waals surface area contributed by atoms with Crippen LogP contribution in [0.15, 0.2) is 24.3 Å². The Morgan fingerprint density at radius 3 is 2.37 bits per heavy atom. The molecule has 1 rings (SSSR count). The SMILES string of the molecule is CCC(CC)(CO)NC(=O)COc1ccc(F)cc1. The van der Waals surface area contributed by atoms with Gasteiger partial charge >= 0.3 is 0 Å².